The first-order chi connectivity index (χ1) is 11.2. The number of carbonyl (C=O) groups excluding carboxylic acids is 1. The molecular weight excluding hydrogens is 292 g/mol. The van der Waals surface area contributed by atoms with Gasteiger partial charge in [0.1, 0.15) is 6.10 Å². The molecule has 0 bridgehead atoms. The second-order valence-corrected chi connectivity index (χ2v) is 7.38. The molecule has 2 aliphatic carbocycles. The van der Waals surface area contributed by atoms with Gasteiger partial charge in [0.2, 0.25) is 0 Å². The zero-order valence-corrected chi connectivity index (χ0v) is 14.3. The lowest BCUT2D eigenvalue weighted by atomic mass is 9.86. The number of hydrogen-bond acceptors (Lipinski definition) is 3. The third-order valence-corrected chi connectivity index (χ3v) is 5.48. The molecule has 23 heavy (non-hydrogen) atoms. The van der Waals surface area contributed by atoms with Gasteiger partial charge in [0.25, 0.3) is 0 Å². The Morgan fingerprint density at radius 1 is 0.783 bits per heavy atom. The SMILES string of the molecule is O=C(CC1CCCCCCCCC1)OC1CCCCC1C(=O)O. The van der Waals surface area contributed by atoms with Crippen LogP contribution in [0.5, 0.6) is 0 Å². The quantitative estimate of drug-likeness (QED) is 0.761. The average Bonchev–Trinajstić information content (AvgIpc) is 2.53. The van der Waals surface area contributed by atoms with Gasteiger partial charge < -0.3 is 9.84 Å². The van der Waals surface area contributed by atoms with Crippen molar-refractivity contribution in [2.24, 2.45) is 11.8 Å². The van der Waals surface area contributed by atoms with Crippen LogP contribution in [0.1, 0.15) is 89.9 Å². The van der Waals surface area contributed by atoms with E-state index in [4.69, 9.17) is 4.74 Å². The van der Waals surface area contributed by atoms with Crippen LogP contribution < -0.4 is 0 Å². The molecule has 0 aliphatic heterocycles. The Bertz CT molecular complexity index is 370. The van der Waals surface area contributed by atoms with Crippen molar-refractivity contribution in [3.63, 3.8) is 0 Å². The minimum atomic E-state index is -0.818. The van der Waals surface area contributed by atoms with Gasteiger partial charge in [0.15, 0.2) is 0 Å². The van der Waals surface area contributed by atoms with Crippen molar-refractivity contribution in [2.45, 2.75) is 96.0 Å². The Morgan fingerprint density at radius 3 is 1.91 bits per heavy atom. The van der Waals surface area contributed by atoms with Gasteiger partial charge in [-0.05, 0) is 38.0 Å². The molecule has 0 spiro atoms. The number of rotatable bonds is 4. The van der Waals surface area contributed by atoms with Crippen LogP contribution in [0, 0.1) is 11.8 Å². The average molecular weight is 324 g/mol. The molecule has 0 amide bonds. The van der Waals surface area contributed by atoms with Crippen molar-refractivity contribution in [3.8, 4) is 0 Å². The van der Waals surface area contributed by atoms with Crippen molar-refractivity contribution in [1.82, 2.24) is 0 Å². The van der Waals surface area contributed by atoms with Crippen molar-refractivity contribution >= 4 is 11.9 Å². The topological polar surface area (TPSA) is 63.6 Å². The predicted octanol–water partition coefficient (Wildman–Crippen LogP) is 4.70. The van der Waals surface area contributed by atoms with Crippen molar-refractivity contribution in [1.29, 1.82) is 0 Å². The maximum Gasteiger partial charge on any atom is 0.310 e. The maximum absolute atomic E-state index is 12.3. The summed E-state index contributed by atoms with van der Waals surface area (Å²) in [6.45, 7) is 0. The van der Waals surface area contributed by atoms with Crippen LogP contribution >= 0.6 is 0 Å². The van der Waals surface area contributed by atoms with E-state index in [-0.39, 0.29) is 5.97 Å². The van der Waals surface area contributed by atoms with Crippen LogP contribution in [0.2, 0.25) is 0 Å². The number of carbonyl (C=O) groups is 2. The summed E-state index contributed by atoms with van der Waals surface area (Å²) in [5, 5.41) is 9.28. The normalized spacial score (nSPS) is 28.0. The molecule has 0 radical (unpaired) electrons. The monoisotopic (exact) mass is 324 g/mol. The van der Waals surface area contributed by atoms with Gasteiger partial charge in [0.05, 0.1) is 5.92 Å². The van der Waals surface area contributed by atoms with E-state index in [9.17, 15) is 14.7 Å². The summed E-state index contributed by atoms with van der Waals surface area (Å²) in [6, 6.07) is 0. The zero-order chi connectivity index (χ0) is 16.5. The molecule has 1 N–H and O–H groups in total. The van der Waals surface area contributed by atoms with Gasteiger partial charge >= 0.3 is 11.9 Å². The highest BCUT2D eigenvalue weighted by molar-refractivity contribution is 5.73. The number of ether oxygens (including phenoxy) is 1. The Kier molecular flexibility index (Phi) is 7.90. The minimum Gasteiger partial charge on any atom is -0.481 e. The Morgan fingerprint density at radius 2 is 1.30 bits per heavy atom. The summed E-state index contributed by atoms with van der Waals surface area (Å²) >= 11 is 0. The molecule has 0 aromatic carbocycles. The van der Waals surface area contributed by atoms with Gasteiger partial charge in [-0.25, -0.2) is 0 Å². The van der Waals surface area contributed by atoms with Gasteiger partial charge in [-0.15, -0.1) is 0 Å². The molecule has 2 fully saturated rings. The summed E-state index contributed by atoms with van der Waals surface area (Å²) in [4.78, 5) is 23.6. The number of carboxylic acid groups (broad SMARTS) is 1. The third kappa shape index (κ3) is 6.52. The van der Waals surface area contributed by atoms with E-state index >= 15 is 0 Å². The molecular formula is C19H32O4. The van der Waals surface area contributed by atoms with Crippen LogP contribution in [0.15, 0.2) is 0 Å². The summed E-state index contributed by atoms with van der Waals surface area (Å²) < 4.78 is 5.58. The van der Waals surface area contributed by atoms with Crippen LogP contribution in [0.25, 0.3) is 0 Å². The number of carboxylic acids is 1. The second kappa shape index (κ2) is 9.94. The molecule has 2 rings (SSSR count). The lowest BCUT2D eigenvalue weighted by Crippen LogP contribution is -2.35. The summed E-state index contributed by atoms with van der Waals surface area (Å²) in [6.07, 6.45) is 14.5. The number of hydrogen-bond donors (Lipinski definition) is 1. The molecule has 4 nitrogen and oxygen atoms in total. The highest BCUT2D eigenvalue weighted by Crippen LogP contribution is 2.29. The largest absolute Gasteiger partial charge is 0.481 e. The first-order valence-electron chi connectivity index (χ1n) is 9.59. The van der Waals surface area contributed by atoms with E-state index in [1.807, 2.05) is 0 Å². The Labute approximate surface area is 140 Å². The zero-order valence-electron chi connectivity index (χ0n) is 14.3. The number of esters is 1. The summed E-state index contributed by atoms with van der Waals surface area (Å²) in [5.74, 6) is -1.07. The highest BCUT2D eigenvalue weighted by atomic mass is 16.5. The predicted molar refractivity (Wildman–Crippen MR) is 89.1 cm³/mol. The van der Waals surface area contributed by atoms with Crippen molar-refractivity contribution < 1.29 is 19.4 Å². The van der Waals surface area contributed by atoms with Crippen molar-refractivity contribution in [2.75, 3.05) is 0 Å². The third-order valence-electron chi connectivity index (χ3n) is 5.48. The maximum atomic E-state index is 12.3. The van der Waals surface area contributed by atoms with E-state index in [1.165, 1.54) is 44.9 Å². The fourth-order valence-corrected chi connectivity index (χ4v) is 4.07. The molecule has 2 atom stereocenters. The standard InChI is InChI=1S/C19H32O4/c20-18(23-17-13-9-8-12-16(17)19(21)22)14-15-10-6-4-2-1-3-5-7-11-15/h15-17H,1-14H2,(H,21,22). The molecule has 2 aliphatic rings. The fraction of sp³-hybridized carbons (Fsp3) is 0.895. The van der Waals surface area contributed by atoms with Crippen LogP contribution in [0.4, 0.5) is 0 Å². The van der Waals surface area contributed by atoms with Crippen LogP contribution in [-0.2, 0) is 14.3 Å². The lowest BCUT2D eigenvalue weighted by molar-refractivity contribution is -0.162. The van der Waals surface area contributed by atoms with Gasteiger partial charge in [-0.3, -0.25) is 9.59 Å². The smallest absolute Gasteiger partial charge is 0.310 e. The summed E-state index contributed by atoms with van der Waals surface area (Å²) in [7, 11) is 0. The molecule has 2 saturated carbocycles. The Balaban J connectivity index is 1.80. The van der Waals surface area contributed by atoms with E-state index in [0.717, 1.165) is 25.7 Å². The van der Waals surface area contributed by atoms with Gasteiger partial charge in [-0.1, -0.05) is 51.4 Å². The van der Waals surface area contributed by atoms with Crippen LogP contribution in [-0.4, -0.2) is 23.1 Å². The van der Waals surface area contributed by atoms with Gasteiger partial charge in [0, 0.05) is 6.42 Å². The molecule has 132 valence electrons. The van der Waals surface area contributed by atoms with E-state index < -0.39 is 18.0 Å². The molecule has 4 heteroatoms. The summed E-state index contributed by atoms with van der Waals surface area (Å²) in [5.41, 5.74) is 0. The van der Waals surface area contributed by atoms with Crippen molar-refractivity contribution in [3.05, 3.63) is 0 Å². The van der Waals surface area contributed by atoms with E-state index in [0.29, 0.717) is 25.2 Å². The van der Waals surface area contributed by atoms with E-state index in [2.05, 4.69) is 0 Å². The number of aliphatic carboxylic acids is 1. The lowest BCUT2D eigenvalue weighted by Gasteiger charge is -2.29. The van der Waals surface area contributed by atoms with Gasteiger partial charge in [-0.2, -0.15) is 0 Å². The molecule has 0 aromatic rings. The first kappa shape index (κ1) is 18.3. The molecule has 0 saturated heterocycles. The Hall–Kier alpha value is -1.06. The molecule has 2 unspecified atom stereocenters. The minimum absolute atomic E-state index is 0.176. The molecule has 0 aromatic heterocycles. The first-order valence-corrected chi connectivity index (χ1v) is 9.59. The molecule has 0 heterocycles. The highest BCUT2D eigenvalue weighted by Gasteiger charge is 2.33. The second-order valence-electron chi connectivity index (χ2n) is 7.38. The fourth-order valence-electron chi connectivity index (χ4n) is 4.07. The van der Waals surface area contributed by atoms with Crippen LogP contribution in [0.3, 0.4) is 0 Å². The van der Waals surface area contributed by atoms with E-state index in [1.54, 1.807) is 0 Å².